The third kappa shape index (κ3) is 5.75. The molecule has 2 rings (SSSR count). The third-order valence-electron chi connectivity index (χ3n) is 3.91. The van der Waals surface area contributed by atoms with Crippen LogP contribution in [0, 0.1) is 20.8 Å². The molecule has 9 heteroatoms. The molecule has 0 aliphatic rings. The van der Waals surface area contributed by atoms with Gasteiger partial charge in [0, 0.05) is 0 Å². The smallest absolute Gasteiger partial charge is 0.326 e. The summed E-state index contributed by atoms with van der Waals surface area (Å²) in [4.78, 5) is 12.3. The van der Waals surface area contributed by atoms with Crippen LogP contribution >= 0.6 is 34.8 Å². The summed E-state index contributed by atoms with van der Waals surface area (Å²) >= 11 is 18.1. The Labute approximate surface area is 174 Å². The summed E-state index contributed by atoms with van der Waals surface area (Å²) in [7, 11) is -4.06. The van der Waals surface area contributed by atoms with Crippen LogP contribution < -0.4 is 10.0 Å². The van der Waals surface area contributed by atoms with E-state index in [4.69, 9.17) is 34.8 Å². The molecule has 5 nitrogen and oxygen atoms in total. The molecule has 0 fully saturated rings. The molecular weight excluding hydrogens is 431 g/mol. The molecule has 146 valence electrons. The summed E-state index contributed by atoms with van der Waals surface area (Å²) in [6.07, 6.45) is 0. The van der Waals surface area contributed by atoms with Crippen LogP contribution in [0.5, 0.6) is 0 Å². The number of hydrogen-bond donors (Lipinski definition) is 2. The van der Waals surface area contributed by atoms with Gasteiger partial charge in [-0.2, -0.15) is 0 Å². The number of amides is 2. The van der Waals surface area contributed by atoms with E-state index in [2.05, 4.69) is 5.32 Å². The first-order valence-electron chi connectivity index (χ1n) is 7.94. The van der Waals surface area contributed by atoms with Gasteiger partial charge in [0.25, 0.3) is 10.0 Å². The van der Waals surface area contributed by atoms with Gasteiger partial charge in [0.1, 0.15) is 6.04 Å². The van der Waals surface area contributed by atoms with Crippen molar-refractivity contribution in [2.45, 2.75) is 35.5 Å². The van der Waals surface area contributed by atoms with E-state index in [-0.39, 0.29) is 4.90 Å². The summed E-state index contributed by atoms with van der Waals surface area (Å²) in [6, 6.07) is 9.52. The zero-order valence-corrected chi connectivity index (χ0v) is 18.0. The maximum absolute atomic E-state index is 12.4. The van der Waals surface area contributed by atoms with E-state index in [0.717, 1.165) is 16.7 Å². The Morgan fingerprint density at radius 3 is 2.07 bits per heavy atom. The molecule has 0 bridgehead atoms. The van der Waals surface area contributed by atoms with Crippen LogP contribution in [-0.4, -0.2) is 18.2 Å². The minimum absolute atomic E-state index is 0.0413. The molecule has 0 heterocycles. The topological polar surface area (TPSA) is 75.3 Å². The molecule has 0 aliphatic heterocycles. The molecule has 2 aromatic carbocycles. The van der Waals surface area contributed by atoms with Gasteiger partial charge in [-0.1, -0.05) is 76.3 Å². The van der Waals surface area contributed by atoms with Crippen LogP contribution in [0.15, 0.2) is 47.4 Å². The second kappa shape index (κ2) is 8.27. The van der Waals surface area contributed by atoms with Crippen LogP contribution in [0.2, 0.25) is 0 Å². The van der Waals surface area contributed by atoms with Gasteiger partial charge in [-0.3, -0.25) is 0 Å². The molecule has 27 heavy (non-hydrogen) atoms. The summed E-state index contributed by atoms with van der Waals surface area (Å²) < 4.78 is 24.8. The maximum atomic E-state index is 12.4. The molecule has 0 aliphatic carbocycles. The standard InChI is InChI=1S/C18H19Cl3N2O3S/c1-11-5-8-14(9-6-11)27(25,26)23-17(24)22-16(18(19,20)21)15-10-12(2)4-7-13(15)3/h4-10,16H,1-3H3,(H2,22,23,24)/t16-/m0/s1. The van der Waals surface area contributed by atoms with Crippen molar-refractivity contribution in [3.8, 4) is 0 Å². The molecule has 2 N–H and O–H groups in total. The second-order valence-corrected chi connectivity index (χ2v) is 10.3. The number of aryl methyl sites for hydroxylation is 3. The summed E-state index contributed by atoms with van der Waals surface area (Å²) in [6.45, 7) is 5.49. The van der Waals surface area contributed by atoms with E-state index in [0.29, 0.717) is 5.56 Å². The van der Waals surface area contributed by atoms with Gasteiger partial charge >= 0.3 is 6.03 Å². The van der Waals surface area contributed by atoms with Gasteiger partial charge in [0.05, 0.1) is 4.90 Å². The van der Waals surface area contributed by atoms with Crippen molar-refractivity contribution in [1.82, 2.24) is 10.0 Å². The average Bonchev–Trinajstić information content (AvgIpc) is 2.54. The largest absolute Gasteiger partial charge is 0.329 e. The zero-order valence-electron chi connectivity index (χ0n) is 14.9. The highest BCUT2D eigenvalue weighted by Gasteiger charge is 2.37. The minimum atomic E-state index is -4.06. The molecule has 1 atom stereocenters. The van der Waals surface area contributed by atoms with Crippen LogP contribution in [0.4, 0.5) is 4.79 Å². The Bertz CT molecular complexity index is 939. The van der Waals surface area contributed by atoms with Crippen LogP contribution in [0.25, 0.3) is 0 Å². The molecule has 0 saturated heterocycles. The summed E-state index contributed by atoms with van der Waals surface area (Å²) in [5, 5.41) is 2.45. The zero-order chi connectivity index (χ0) is 20.4. The van der Waals surface area contributed by atoms with Crippen LogP contribution in [-0.2, 0) is 10.0 Å². The van der Waals surface area contributed by atoms with Gasteiger partial charge in [0.15, 0.2) is 0 Å². The van der Waals surface area contributed by atoms with Gasteiger partial charge in [0.2, 0.25) is 3.79 Å². The number of urea groups is 1. The predicted octanol–water partition coefficient (Wildman–Crippen LogP) is 4.71. The van der Waals surface area contributed by atoms with E-state index < -0.39 is 25.9 Å². The first-order valence-corrected chi connectivity index (χ1v) is 10.6. The van der Waals surface area contributed by atoms with Crippen molar-refractivity contribution in [2.24, 2.45) is 0 Å². The van der Waals surface area contributed by atoms with E-state index in [1.807, 2.05) is 30.7 Å². The Morgan fingerprint density at radius 2 is 1.52 bits per heavy atom. The number of carbonyl (C=O) groups excluding carboxylic acids is 1. The molecule has 0 saturated carbocycles. The lowest BCUT2D eigenvalue weighted by Crippen LogP contribution is -2.44. The lowest BCUT2D eigenvalue weighted by atomic mass is 10.00. The molecular formula is C18H19Cl3N2O3S. The van der Waals surface area contributed by atoms with Crippen molar-refractivity contribution in [2.75, 3.05) is 0 Å². The first-order chi connectivity index (χ1) is 12.4. The second-order valence-electron chi connectivity index (χ2n) is 6.23. The number of carbonyl (C=O) groups is 1. The van der Waals surface area contributed by atoms with Gasteiger partial charge in [-0.05, 0) is 44.0 Å². The SMILES string of the molecule is Cc1ccc(S(=O)(=O)NC(=O)N[C@@H](c2cc(C)ccc2C)C(Cl)(Cl)Cl)cc1. The highest BCUT2D eigenvalue weighted by Crippen LogP contribution is 2.41. The Hall–Kier alpha value is -1.47. The molecule has 0 radical (unpaired) electrons. The highest BCUT2D eigenvalue weighted by atomic mass is 35.6. The van der Waals surface area contributed by atoms with Crippen molar-refractivity contribution in [1.29, 1.82) is 0 Å². The third-order valence-corrected chi connectivity index (χ3v) is 5.91. The molecule has 0 spiro atoms. The highest BCUT2D eigenvalue weighted by molar-refractivity contribution is 7.90. The fourth-order valence-corrected chi connectivity index (χ4v) is 3.90. The fourth-order valence-electron chi connectivity index (χ4n) is 2.47. The van der Waals surface area contributed by atoms with Crippen molar-refractivity contribution in [3.05, 3.63) is 64.7 Å². The van der Waals surface area contributed by atoms with Crippen LogP contribution in [0.3, 0.4) is 0 Å². The lowest BCUT2D eigenvalue weighted by Gasteiger charge is -2.27. The number of halogens is 3. The number of nitrogens with one attached hydrogen (secondary N) is 2. The number of alkyl halides is 3. The maximum Gasteiger partial charge on any atom is 0.329 e. The van der Waals surface area contributed by atoms with E-state index in [1.54, 1.807) is 25.1 Å². The average molecular weight is 450 g/mol. The summed E-state index contributed by atoms with van der Waals surface area (Å²) in [5.41, 5.74) is 3.17. The quantitative estimate of drug-likeness (QED) is 0.664. The first kappa shape index (κ1) is 21.8. The number of hydrogen-bond acceptors (Lipinski definition) is 3. The van der Waals surface area contributed by atoms with Gasteiger partial charge < -0.3 is 5.32 Å². The van der Waals surface area contributed by atoms with Crippen molar-refractivity contribution >= 4 is 50.9 Å². The van der Waals surface area contributed by atoms with Gasteiger partial charge in [-0.25, -0.2) is 17.9 Å². The molecule has 0 unspecified atom stereocenters. The van der Waals surface area contributed by atoms with Crippen molar-refractivity contribution in [3.63, 3.8) is 0 Å². The Morgan fingerprint density at radius 1 is 0.963 bits per heavy atom. The minimum Gasteiger partial charge on any atom is -0.326 e. The lowest BCUT2D eigenvalue weighted by molar-refractivity contribution is 0.242. The van der Waals surface area contributed by atoms with Crippen LogP contribution in [0.1, 0.15) is 28.3 Å². The number of benzene rings is 2. The Balaban J connectivity index is 2.26. The van der Waals surface area contributed by atoms with E-state index >= 15 is 0 Å². The molecule has 0 aromatic heterocycles. The Kier molecular flexibility index (Phi) is 6.68. The summed E-state index contributed by atoms with van der Waals surface area (Å²) in [5.74, 6) is 0. The van der Waals surface area contributed by atoms with E-state index in [9.17, 15) is 13.2 Å². The number of sulfonamides is 1. The fraction of sp³-hybridized carbons (Fsp3) is 0.278. The van der Waals surface area contributed by atoms with Crippen molar-refractivity contribution < 1.29 is 13.2 Å². The number of rotatable bonds is 4. The monoisotopic (exact) mass is 448 g/mol. The molecule has 2 amide bonds. The normalized spacial score (nSPS) is 13.1. The van der Waals surface area contributed by atoms with E-state index in [1.165, 1.54) is 12.1 Å². The predicted molar refractivity (Wildman–Crippen MR) is 109 cm³/mol. The molecule has 2 aromatic rings. The van der Waals surface area contributed by atoms with Gasteiger partial charge in [-0.15, -0.1) is 0 Å².